The fraction of sp³-hybridized carbons (Fsp3) is 0.750. The standard InChI is InChI=1S/C28H46FN3O/c1-8-24(9-2)31(16-19(3)4)17-20(5)32-18-28(6,7)26-25(32)15-22(27(33)30-26)14-21-10-12-23(29)13-11-21/h15,19,21,23-24H,5,8-14,16-18H2,1-4,6-7H3,(H,30,33). The van der Waals surface area contributed by atoms with E-state index in [0.717, 1.165) is 74.4 Å². The van der Waals surface area contributed by atoms with Crippen LogP contribution in [-0.4, -0.2) is 41.7 Å². The molecule has 33 heavy (non-hydrogen) atoms. The molecule has 0 bridgehead atoms. The number of hydrogen-bond acceptors (Lipinski definition) is 3. The molecule has 0 amide bonds. The summed E-state index contributed by atoms with van der Waals surface area (Å²) in [4.78, 5) is 21.1. The molecule has 186 valence electrons. The molecule has 3 rings (SSSR count). The van der Waals surface area contributed by atoms with E-state index < -0.39 is 6.17 Å². The van der Waals surface area contributed by atoms with Gasteiger partial charge in [0.1, 0.15) is 6.17 Å². The molecule has 0 radical (unpaired) electrons. The zero-order valence-corrected chi connectivity index (χ0v) is 21.8. The van der Waals surface area contributed by atoms with Crippen LogP contribution in [0.3, 0.4) is 0 Å². The van der Waals surface area contributed by atoms with Crippen LogP contribution in [0.4, 0.5) is 10.1 Å². The maximum absolute atomic E-state index is 13.6. The number of halogens is 1. The number of anilines is 1. The lowest BCUT2D eigenvalue weighted by Gasteiger charge is -2.35. The third-order valence-electron chi connectivity index (χ3n) is 7.73. The summed E-state index contributed by atoms with van der Waals surface area (Å²) < 4.78 is 13.6. The topological polar surface area (TPSA) is 39.3 Å². The number of pyridine rings is 1. The second-order valence-electron chi connectivity index (χ2n) is 11.5. The lowest BCUT2D eigenvalue weighted by molar-refractivity contribution is 0.179. The molecule has 2 heterocycles. The first-order valence-corrected chi connectivity index (χ1v) is 13.2. The van der Waals surface area contributed by atoms with Gasteiger partial charge in [-0.1, -0.05) is 48.1 Å². The number of fused-ring (bicyclic) bond motifs is 1. The Kier molecular flexibility index (Phi) is 8.47. The number of hydrogen-bond donors (Lipinski definition) is 1. The van der Waals surface area contributed by atoms with Gasteiger partial charge in [-0.05, 0) is 62.8 Å². The van der Waals surface area contributed by atoms with Crippen molar-refractivity contribution >= 4 is 5.69 Å². The minimum absolute atomic E-state index is 0.0233. The second-order valence-corrected chi connectivity index (χ2v) is 11.5. The van der Waals surface area contributed by atoms with Gasteiger partial charge in [-0.3, -0.25) is 9.69 Å². The zero-order chi connectivity index (χ0) is 24.3. The zero-order valence-electron chi connectivity index (χ0n) is 21.8. The van der Waals surface area contributed by atoms with Crippen LogP contribution < -0.4 is 10.5 Å². The van der Waals surface area contributed by atoms with Crippen LogP contribution in [0.15, 0.2) is 23.1 Å². The molecule has 1 aromatic rings. The highest BCUT2D eigenvalue weighted by Gasteiger charge is 2.38. The average molecular weight is 460 g/mol. The lowest BCUT2D eigenvalue weighted by atomic mass is 9.84. The third-order valence-corrected chi connectivity index (χ3v) is 7.73. The Bertz CT molecular complexity index is 862. The van der Waals surface area contributed by atoms with Gasteiger partial charge in [0.05, 0.1) is 5.69 Å². The fourth-order valence-corrected chi connectivity index (χ4v) is 5.86. The van der Waals surface area contributed by atoms with Crippen molar-refractivity contribution in [1.82, 2.24) is 9.88 Å². The normalized spacial score (nSPS) is 22.4. The molecule has 1 aliphatic heterocycles. The van der Waals surface area contributed by atoms with Crippen molar-refractivity contribution in [3.05, 3.63) is 40.0 Å². The van der Waals surface area contributed by atoms with E-state index in [1.54, 1.807) is 0 Å². The number of rotatable bonds is 10. The van der Waals surface area contributed by atoms with Crippen molar-refractivity contribution in [1.29, 1.82) is 0 Å². The summed E-state index contributed by atoms with van der Waals surface area (Å²) in [7, 11) is 0. The van der Waals surface area contributed by atoms with Crippen LogP contribution in [0.25, 0.3) is 0 Å². The van der Waals surface area contributed by atoms with Crippen LogP contribution >= 0.6 is 0 Å². The van der Waals surface area contributed by atoms with Crippen molar-refractivity contribution in [2.24, 2.45) is 11.8 Å². The van der Waals surface area contributed by atoms with Gasteiger partial charge < -0.3 is 9.88 Å². The molecular formula is C28H46FN3O. The minimum atomic E-state index is -0.664. The van der Waals surface area contributed by atoms with Crippen molar-refractivity contribution < 1.29 is 4.39 Å². The van der Waals surface area contributed by atoms with Gasteiger partial charge >= 0.3 is 0 Å². The molecule has 0 unspecified atom stereocenters. The fourth-order valence-electron chi connectivity index (χ4n) is 5.86. The van der Waals surface area contributed by atoms with E-state index in [4.69, 9.17) is 0 Å². The van der Waals surface area contributed by atoms with E-state index in [1.807, 2.05) is 0 Å². The highest BCUT2D eigenvalue weighted by atomic mass is 19.1. The van der Waals surface area contributed by atoms with E-state index in [0.29, 0.717) is 30.7 Å². The summed E-state index contributed by atoms with van der Waals surface area (Å²) in [5.41, 5.74) is 3.95. The van der Waals surface area contributed by atoms with Gasteiger partial charge in [0.15, 0.2) is 0 Å². The predicted molar refractivity (Wildman–Crippen MR) is 138 cm³/mol. The van der Waals surface area contributed by atoms with Gasteiger partial charge in [0.25, 0.3) is 5.56 Å². The van der Waals surface area contributed by atoms with Crippen LogP contribution in [0.2, 0.25) is 0 Å². The third kappa shape index (κ3) is 6.09. The van der Waals surface area contributed by atoms with Crippen molar-refractivity contribution in [3.8, 4) is 0 Å². The molecule has 0 aromatic carbocycles. The van der Waals surface area contributed by atoms with Crippen molar-refractivity contribution in [2.75, 3.05) is 24.5 Å². The van der Waals surface area contributed by atoms with E-state index >= 15 is 0 Å². The molecule has 2 aliphatic rings. The highest BCUT2D eigenvalue weighted by molar-refractivity contribution is 5.64. The molecule has 1 aliphatic carbocycles. The number of H-pyrrole nitrogens is 1. The van der Waals surface area contributed by atoms with E-state index in [-0.39, 0.29) is 11.0 Å². The lowest BCUT2D eigenvalue weighted by Crippen LogP contribution is -2.41. The molecule has 1 N–H and O–H groups in total. The molecule has 0 saturated heterocycles. The maximum Gasteiger partial charge on any atom is 0.251 e. The summed E-state index contributed by atoms with van der Waals surface area (Å²) in [5.74, 6) is 1.00. The Morgan fingerprint density at radius 1 is 1.24 bits per heavy atom. The SMILES string of the molecule is C=C(CN(CC(C)C)C(CC)CC)N1CC(C)(C)c2[nH]c(=O)c(CC3CCC(F)CC3)cc21. The Morgan fingerprint density at radius 2 is 1.88 bits per heavy atom. The summed E-state index contributed by atoms with van der Waals surface area (Å²) in [6.07, 6.45) is 5.36. The quantitative estimate of drug-likeness (QED) is 0.452. The first-order valence-electron chi connectivity index (χ1n) is 13.2. The summed E-state index contributed by atoms with van der Waals surface area (Å²) in [6, 6.07) is 2.66. The van der Waals surface area contributed by atoms with Crippen molar-refractivity contribution in [2.45, 2.75) is 104 Å². The Balaban J connectivity index is 1.85. The average Bonchev–Trinajstić information content (AvgIpc) is 3.00. The van der Waals surface area contributed by atoms with E-state index in [2.05, 4.69) is 69.0 Å². The second kappa shape index (κ2) is 10.8. The van der Waals surface area contributed by atoms with Gasteiger partial charge in [0.2, 0.25) is 0 Å². The largest absolute Gasteiger partial charge is 0.342 e. The van der Waals surface area contributed by atoms with Crippen molar-refractivity contribution in [3.63, 3.8) is 0 Å². The Morgan fingerprint density at radius 3 is 2.45 bits per heavy atom. The van der Waals surface area contributed by atoms with Gasteiger partial charge in [-0.2, -0.15) is 0 Å². The molecule has 0 spiro atoms. The molecule has 0 atom stereocenters. The van der Waals surface area contributed by atoms with E-state index in [9.17, 15) is 9.18 Å². The van der Waals surface area contributed by atoms with Crippen LogP contribution in [0, 0.1) is 11.8 Å². The number of alkyl halides is 1. The van der Waals surface area contributed by atoms with Gasteiger partial charge in [-0.25, -0.2) is 4.39 Å². The number of nitrogens with zero attached hydrogens (tertiary/aromatic N) is 2. The van der Waals surface area contributed by atoms with Crippen LogP contribution in [0.1, 0.15) is 91.3 Å². The predicted octanol–water partition coefficient (Wildman–Crippen LogP) is 6.20. The molecule has 4 nitrogen and oxygen atoms in total. The number of aromatic amines is 1. The summed E-state index contributed by atoms with van der Waals surface area (Å²) in [6.45, 7) is 20.7. The molecule has 1 fully saturated rings. The van der Waals surface area contributed by atoms with Gasteiger partial charge in [-0.15, -0.1) is 0 Å². The first kappa shape index (κ1) is 26.0. The van der Waals surface area contributed by atoms with Crippen LogP contribution in [-0.2, 0) is 11.8 Å². The molecule has 1 saturated carbocycles. The van der Waals surface area contributed by atoms with Gasteiger partial charge in [0, 0.05) is 48.0 Å². The minimum Gasteiger partial charge on any atom is -0.342 e. The summed E-state index contributed by atoms with van der Waals surface area (Å²) >= 11 is 0. The molecule has 5 heteroatoms. The Hall–Kier alpha value is -1.62. The number of aromatic nitrogens is 1. The number of nitrogens with one attached hydrogen (secondary N) is 1. The maximum atomic E-state index is 13.6. The van der Waals surface area contributed by atoms with Crippen LogP contribution in [0.5, 0.6) is 0 Å². The monoisotopic (exact) mass is 459 g/mol. The van der Waals surface area contributed by atoms with E-state index in [1.165, 1.54) is 0 Å². The highest BCUT2D eigenvalue weighted by Crippen LogP contribution is 2.41. The smallest absolute Gasteiger partial charge is 0.251 e. The summed E-state index contributed by atoms with van der Waals surface area (Å²) in [5, 5.41) is 0. The molecular weight excluding hydrogens is 413 g/mol. The first-order chi connectivity index (χ1) is 15.6. The Labute approximate surface area is 200 Å². The molecule has 1 aromatic heterocycles.